The lowest BCUT2D eigenvalue weighted by molar-refractivity contribution is 0.0217. The minimum absolute atomic E-state index is 0.0466. The summed E-state index contributed by atoms with van der Waals surface area (Å²) in [5.41, 5.74) is 4.88. The van der Waals surface area contributed by atoms with Gasteiger partial charge in [0.1, 0.15) is 11.6 Å². The van der Waals surface area contributed by atoms with Crippen molar-refractivity contribution in [3.8, 4) is 5.69 Å². The van der Waals surface area contributed by atoms with E-state index in [1.165, 1.54) is 29.8 Å². The van der Waals surface area contributed by atoms with E-state index in [1.54, 1.807) is 24.3 Å². The highest BCUT2D eigenvalue weighted by molar-refractivity contribution is 5.61. The van der Waals surface area contributed by atoms with Gasteiger partial charge in [-0.1, -0.05) is 24.6 Å². The van der Waals surface area contributed by atoms with Crippen LogP contribution in [0.2, 0.25) is 0 Å². The quantitative estimate of drug-likeness (QED) is 0.612. The number of hydrogen-bond acceptors (Lipinski definition) is 2. The third kappa shape index (κ3) is 3.08. The van der Waals surface area contributed by atoms with Gasteiger partial charge >= 0.3 is 0 Å². The number of aliphatic hydroxyl groups excluding tert-OH is 1. The molecule has 0 spiro atoms. The normalized spacial score (nSPS) is 24.0. The van der Waals surface area contributed by atoms with Gasteiger partial charge in [-0.25, -0.2) is 13.5 Å². The maximum absolute atomic E-state index is 13.3. The summed E-state index contributed by atoms with van der Waals surface area (Å²) < 4.78 is 28.5. The molecule has 0 saturated heterocycles. The zero-order valence-corrected chi connectivity index (χ0v) is 16.9. The maximum atomic E-state index is 13.3. The third-order valence-electron chi connectivity index (χ3n) is 6.93. The zero-order chi connectivity index (χ0) is 20.9. The van der Waals surface area contributed by atoms with E-state index in [2.05, 4.69) is 18.1 Å². The first-order valence-electron chi connectivity index (χ1n) is 10.4. The fraction of sp³-hybridized carbons (Fsp3) is 0.320. The monoisotopic (exact) mass is 406 g/mol. The molecule has 1 heterocycles. The van der Waals surface area contributed by atoms with Crippen molar-refractivity contribution in [1.29, 1.82) is 0 Å². The van der Waals surface area contributed by atoms with E-state index in [0.29, 0.717) is 0 Å². The number of nitrogens with zero attached hydrogens (tertiary/aromatic N) is 2. The molecule has 5 heteroatoms. The molecule has 3 nitrogen and oxygen atoms in total. The van der Waals surface area contributed by atoms with Crippen LogP contribution in [0.3, 0.4) is 0 Å². The molecule has 1 aromatic heterocycles. The summed E-state index contributed by atoms with van der Waals surface area (Å²) in [7, 11) is 0. The van der Waals surface area contributed by atoms with Gasteiger partial charge in [-0.2, -0.15) is 5.10 Å². The topological polar surface area (TPSA) is 38.0 Å². The van der Waals surface area contributed by atoms with Crippen molar-refractivity contribution < 1.29 is 13.9 Å². The number of rotatable bonds is 3. The fourth-order valence-corrected chi connectivity index (χ4v) is 5.27. The van der Waals surface area contributed by atoms with Crippen LogP contribution in [-0.2, 0) is 6.42 Å². The summed E-state index contributed by atoms with van der Waals surface area (Å²) in [4.78, 5) is 0. The predicted octanol–water partition coefficient (Wildman–Crippen LogP) is 5.63. The average Bonchev–Trinajstić information content (AvgIpc) is 3.14. The molecule has 2 aliphatic carbocycles. The van der Waals surface area contributed by atoms with Gasteiger partial charge in [0.15, 0.2) is 0 Å². The van der Waals surface area contributed by atoms with Gasteiger partial charge in [0, 0.05) is 0 Å². The number of hydrogen-bond donors (Lipinski definition) is 1. The van der Waals surface area contributed by atoms with Crippen molar-refractivity contribution in [1.82, 2.24) is 9.78 Å². The second kappa shape index (κ2) is 7.17. The predicted molar refractivity (Wildman–Crippen MR) is 112 cm³/mol. The van der Waals surface area contributed by atoms with Crippen LogP contribution in [0.1, 0.15) is 49.1 Å². The van der Waals surface area contributed by atoms with Crippen molar-refractivity contribution in [3.05, 3.63) is 88.8 Å². The van der Waals surface area contributed by atoms with Crippen molar-refractivity contribution >= 4 is 6.08 Å². The maximum Gasteiger partial charge on any atom is 0.123 e. The van der Waals surface area contributed by atoms with E-state index in [0.717, 1.165) is 48.2 Å². The van der Waals surface area contributed by atoms with Crippen LogP contribution >= 0.6 is 0 Å². The molecule has 2 aliphatic rings. The highest BCUT2D eigenvalue weighted by atomic mass is 19.1. The molecule has 0 bridgehead atoms. The van der Waals surface area contributed by atoms with Crippen molar-refractivity contribution in [3.63, 3.8) is 0 Å². The largest absolute Gasteiger partial charge is 0.388 e. The Morgan fingerprint density at radius 3 is 2.43 bits per heavy atom. The van der Waals surface area contributed by atoms with E-state index in [-0.39, 0.29) is 23.0 Å². The molecule has 0 amide bonds. The van der Waals surface area contributed by atoms with Crippen LogP contribution in [-0.4, -0.2) is 14.9 Å². The zero-order valence-electron chi connectivity index (χ0n) is 16.9. The number of benzene rings is 2. The van der Waals surface area contributed by atoms with Gasteiger partial charge in [-0.3, -0.25) is 0 Å². The Morgan fingerprint density at radius 2 is 1.73 bits per heavy atom. The Hall–Kier alpha value is -2.79. The fourth-order valence-electron chi connectivity index (χ4n) is 5.27. The van der Waals surface area contributed by atoms with E-state index < -0.39 is 6.10 Å². The standard InChI is InChI=1S/C25H24F2N2O/c1-25-14-17-15-28-29(21-11-9-20(27)10-12-21)23(17)13-18(25)3-2-4-22(25)24(30)16-5-7-19(26)8-6-16/h5-13,15,22,24,30H,2-4,14H2,1H3/t22-,24?,25+/m1/s1. The summed E-state index contributed by atoms with van der Waals surface area (Å²) >= 11 is 0. The summed E-state index contributed by atoms with van der Waals surface area (Å²) in [6, 6.07) is 12.5. The lowest BCUT2D eigenvalue weighted by Gasteiger charge is -2.47. The molecule has 1 fully saturated rings. The molecule has 30 heavy (non-hydrogen) atoms. The molecule has 0 aliphatic heterocycles. The Balaban J connectivity index is 1.51. The van der Waals surface area contributed by atoms with Gasteiger partial charge in [0.25, 0.3) is 0 Å². The summed E-state index contributed by atoms with van der Waals surface area (Å²) in [6.45, 7) is 2.23. The molecule has 1 N–H and O–H groups in total. The smallest absolute Gasteiger partial charge is 0.123 e. The molecule has 3 aromatic rings. The Morgan fingerprint density at radius 1 is 1.07 bits per heavy atom. The molecule has 1 unspecified atom stereocenters. The van der Waals surface area contributed by atoms with Crippen LogP contribution in [0.25, 0.3) is 11.8 Å². The molecule has 3 atom stereocenters. The van der Waals surface area contributed by atoms with Gasteiger partial charge in [0.2, 0.25) is 0 Å². The van der Waals surface area contributed by atoms with Crippen LogP contribution in [0.5, 0.6) is 0 Å². The van der Waals surface area contributed by atoms with E-state index in [4.69, 9.17) is 0 Å². The van der Waals surface area contributed by atoms with E-state index in [1.807, 2.05) is 10.9 Å². The number of aromatic nitrogens is 2. The van der Waals surface area contributed by atoms with Crippen molar-refractivity contribution in [2.75, 3.05) is 0 Å². The SMILES string of the molecule is C[C@]12Cc3cnn(-c4ccc(F)cc4)c3C=C1CCC[C@@H]2C(O)c1ccc(F)cc1. The number of aliphatic hydroxyl groups is 1. The average molecular weight is 406 g/mol. The summed E-state index contributed by atoms with van der Waals surface area (Å²) in [5.74, 6) is -0.516. The van der Waals surface area contributed by atoms with Gasteiger partial charge in [-0.05, 0) is 90.6 Å². The molecule has 0 radical (unpaired) electrons. The molecule has 5 rings (SSSR count). The minimum atomic E-state index is -0.645. The lowest BCUT2D eigenvalue weighted by atomic mass is 9.57. The number of halogens is 2. The third-order valence-corrected chi connectivity index (χ3v) is 6.93. The van der Waals surface area contributed by atoms with Gasteiger partial charge in [-0.15, -0.1) is 0 Å². The number of allylic oxidation sites excluding steroid dienone is 1. The lowest BCUT2D eigenvalue weighted by Crippen LogP contribution is -2.40. The summed E-state index contributed by atoms with van der Waals surface area (Å²) in [6.07, 6.45) is 7.15. The van der Waals surface area contributed by atoms with Crippen LogP contribution in [0.4, 0.5) is 8.78 Å². The molecular formula is C25H24F2N2O. The molecule has 1 saturated carbocycles. The summed E-state index contributed by atoms with van der Waals surface area (Å²) in [5, 5.41) is 15.8. The van der Waals surface area contributed by atoms with Gasteiger partial charge in [0.05, 0.1) is 23.7 Å². The Bertz CT molecular complexity index is 1100. The highest BCUT2D eigenvalue weighted by Gasteiger charge is 2.46. The molecule has 2 aromatic carbocycles. The Labute approximate surface area is 174 Å². The molecular weight excluding hydrogens is 382 g/mol. The van der Waals surface area contributed by atoms with Crippen molar-refractivity contribution in [2.24, 2.45) is 11.3 Å². The van der Waals surface area contributed by atoms with Crippen LogP contribution in [0.15, 0.2) is 60.3 Å². The first kappa shape index (κ1) is 19.2. The second-order valence-corrected chi connectivity index (χ2v) is 8.70. The van der Waals surface area contributed by atoms with Crippen LogP contribution in [0, 0.1) is 23.0 Å². The Kier molecular flexibility index (Phi) is 4.58. The highest BCUT2D eigenvalue weighted by Crippen LogP contribution is 2.54. The van der Waals surface area contributed by atoms with Crippen LogP contribution < -0.4 is 0 Å². The van der Waals surface area contributed by atoms with Crippen molar-refractivity contribution in [2.45, 2.75) is 38.7 Å². The minimum Gasteiger partial charge on any atom is -0.388 e. The van der Waals surface area contributed by atoms with E-state index >= 15 is 0 Å². The second-order valence-electron chi connectivity index (χ2n) is 8.70. The van der Waals surface area contributed by atoms with Gasteiger partial charge < -0.3 is 5.11 Å². The van der Waals surface area contributed by atoms with E-state index in [9.17, 15) is 13.9 Å². The first-order valence-corrected chi connectivity index (χ1v) is 10.4. The first-order chi connectivity index (χ1) is 14.5. The number of fused-ring (bicyclic) bond motifs is 2. The molecule has 154 valence electrons.